The van der Waals surface area contributed by atoms with Gasteiger partial charge in [0.15, 0.2) is 5.58 Å². The molecule has 0 saturated carbocycles. The first-order chi connectivity index (χ1) is 7.45. The van der Waals surface area contributed by atoms with Crippen LogP contribution in [0.4, 0.5) is 0 Å². The van der Waals surface area contributed by atoms with Gasteiger partial charge in [-0.1, -0.05) is 17.3 Å². The summed E-state index contributed by atoms with van der Waals surface area (Å²) in [5, 5.41) is 8.77. The van der Waals surface area contributed by atoms with E-state index in [1.54, 1.807) is 0 Å². The van der Waals surface area contributed by atoms with Crippen molar-refractivity contribution in [1.29, 1.82) is 0 Å². The van der Waals surface area contributed by atoms with Crippen molar-refractivity contribution >= 4 is 23.4 Å². The van der Waals surface area contributed by atoms with Gasteiger partial charge in [-0.05, 0) is 38.1 Å². The number of hydrogen-bond donors (Lipinski definition) is 1. The lowest BCUT2D eigenvalue weighted by atomic mass is 9.93. The zero-order chi connectivity index (χ0) is 10.1. The van der Waals surface area contributed by atoms with Crippen molar-refractivity contribution in [3.63, 3.8) is 0 Å². The number of fused-ring (bicyclic) bond motifs is 1. The van der Waals surface area contributed by atoms with E-state index in [4.69, 9.17) is 4.52 Å². The molecule has 0 radical (unpaired) electrons. The Bertz CT molecular complexity index is 463. The number of benzene rings is 1. The van der Waals surface area contributed by atoms with Gasteiger partial charge in [0.25, 0.3) is 0 Å². The van der Waals surface area contributed by atoms with Crippen LogP contribution in [0.1, 0.15) is 24.5 Å². The maximum Gasteiger partial charge on any atom is 0.167 e. The quantitative estimate of drug-likeness (QED) is 0.830. The molecule has 86 valence electrons. The van der Waals surface area contributed by atoms with Crippen LogP contribution in [-0.4, -0.2) is 18.2 Å². The van der Waals surface area contributed by atoms with Gasteiger partial charge in [-0.2, -0.15) is 0 Å². The Labute approximate surface area is 101 Å². The molecule has 1 fully saturated rings. The normalized spacial score (nSPS) is 17.2. The summed E-state index contributed by atoms with van der Waals surface area (Å²) in [4.78, 5) is 0. The molecule has 0 aliphatic carbocycles. The van der Waals surface area contributed by atoms with E-state index in [0.29, 0.717) is 5.92 Å². The minimum Gasteiger partial charge on any atom is -0.356 e. The standard InChI is InChI=1S/C12H14N2O.ClH/c1-2-4-11-10(3-1)12(14-15-11)9-5-7-13-8-6-9;/h1-4,9,13H,5-8H2;1H. The van der Waals surface area contributed by atoms with E-state index in [1.165, 1.54) is 5.39 Å². The molecule has 1 saturated heterocycles. The molecule has 1 N–H and O–H groups in total. The molecule has 2 aromatic rings. The maximum atomic E-state index is 5.33. The van der Waals surface area contributed by atoms with Crippen LogP contribution in [0.2, 0.25) is 0 Å². The van der Waals surface area contributed by atoms with Crippen LogP contribution >= 0.6 is 12.4 Å². The van der Waals surface area contributed by atoms with Gasteiger partial charge >= 0.3 is 0 Å². The van der Waals surface area contributed by atoms with Gasteiger partial charge in [0, 0.05) is 11.3 Å². The second-order valence-corrected chi connectivity index (χ2v) is 4.09. The van der Waals surface area contributed by atoms with E-state index in [2.05, 4.69) is 16.5 Å². The minimum atomic E-state index is 0. The number of piperidine rings is 1. The zero-order valence-electron chi connectivity index (χ0n) is 8.98. The second-order valence-electron chi connectivity index (χ2n) is 4.09. The summed E-state index contributed by atoms with van der Waals surface area (Å²) in [5.74, 6) is 0.565. The summed E-state index contributed by atoms with van der Waals surface area (Å²) in [6, 6.07) is 8.11. The molecular weight excluding hydrogens is 224 g/mol. The predicted octanol–water partition coefficient (Wildman–Crippen LogP) is 2.72. The number of nitrogens with zero attached hydrogens (tertiary/aromatic N) is 1. The van der Waals surface area contributed by atoms with Crippen LogP contribution in [0, 0.1) is 0 Å². The van der Waals surface area contributed by atoms with E-state index < -0.39 is 0 Å². The number of rotatable bonds is 1. The summed E-state index contributed by atoms with van der Waals surface area (Å²) in [6.07, 6.45) is 2.33. The fourth-order valence-electron chi connectivity index (χ4n) is 2.30. The summed E-state index contributed by atoms with van der Waals surface area (Å²) in [5.41, 5.74) is 2.05. The van der Waals surface area contributed by atoms with Gasteiger partial charge in [-0.3, -0.25) is 0 Å². The predicted molar refractivity (Wildman–Crippen MR) is 66.1 cm³/mol. The third-order valence-electron chi connectivity index (χ3n) is 3.13. The van der Waals surface area contributed by atoms with Gasteiger partial charge in [0.05, 0.1) is 5.69 Å². The van der Waals surface area contributed by atoms with Gasteiger partial charge in [0.1, 0.15) is 0 Å². The average molecular weight is 239 g/mol. The molecule has 1 aromatic carbocycles. The maximum absolute atomic E-state index is 5.33. The van der Waals surface area contributed by atoms with E-state index >= 15 is 0 Å². The Morgan fingerprint density at radius 1 is 1.19 bits per heavy atom. The highest BCUT2D eigenvalue weighted by molar-refractivity contribution is 5.85. The monoisotopic (exact) mass is 238 g/mol. The molecule has 0 atom stereocenters. The van der Waals surface area contributed by atoms with E-state index in [0.717, 1.165) is 37.2 Å². The molecule has 1 aromatic heterocycles. The lowest BCUT2D eigenvalue weighted by Gasteiger charge is -2.20. The zero-order valence-corrected chi connectivity index (χ0v) is 9.80. The lowest BCUT2D eigenvalue weighted by molar-refractivity contribution is 0.404. The summed E-state index contributed by atoms with van der Waals surface area (Å²) in [6.45, 7) is 2.18. The van der Waals surface area contributed by atoms with Crippen LogP contribution in [0.15, 0.2) is 28.8 Å². The molecule has 2 heterocycles. The Morgan fingerprint density at radius 2 is 1.94 bits per heavy atom. The molecule has 4 heteroatoms. The number of para-hydroxylation sites is 1. The van der Waals surface area contributed by atoms with E-state index in [9.17, 15) is 0 Å². The van der Waals surface area contributed by atoms with Crippen LogP contribution in [0.3, 0.4) is 0 Å². The Morgan fingerprint density at radius 3 is 2.75 bits per heavy atom. The fraction of sp³-hybridized carbons (Fsp3) is 0.417. The highest BCUT2D eigenvalue weighted by atomic mass is 35.5. The lowest BCUT2D eigenvalue weighted by Crippen LogP contribution is -2.26. The SMILES string of the molecule is Cl.c1ccc2c(C3CCNCC3)noc2c1. The highest BCUT2D eigenvalue weighted by Crippen LogP contribution is 2.30. The number of hydrogen-bond acceptors (Lipinski definition) is 3. The first kappa shape index (κ1) is 11.4. The van der Waals surface area contributed by atoms with Crippen molar-refractivity contribution in [3.8, 4) is 0 Å². The molecule has 1 aliphatic heterocycles. The average Bonchev–Trinajstić information content (AvgIpc) is 2.74. The molecule has 0 amide bonds. The molecule has 1 aliphatic rings. The van der Waals surface area contributed by atoms with Gasteiger partial charge in [0.2, 0.25) is 0 Å². The molecule has 16 heavy (non-hydrogen) atoms. The Kier molecular flexibility index (Phi) is 3.46. The summed E-state index contributed by atoms with van der Waals surface area (Å²) < 4.78 is 5.33. The minimum absolute atomic E-state index is 0. The van der Waals surface area contributed by atoms with Gasteiger partial charge < -0.3 is 9.84 Å². The Balaban J connectivity index is 0.000000963. The van der Waals surface area contributed by atoms with Crippen LogP contribution in [0.5, 0.6) is 0 Å². The molecule has 3 nitrogen and oxygen atoms in total. The molecule has 0 unspecified atom stereocenters. The third-order valence-corrected chi connectivity index (χ3v) is 3.13. The van der Waals surface area contributed by atoms with Gasteiger partial charge in [-0.25, -0.2) is 0 Å². The van der Waals surface area contributed by atoms with E-state index in [-0.39, 0.29) is 12.4 Å². The summed E-state index contributed by atoms with van der Waals surface area (Å²) in [7, 11) is 0. The molecular formula is C12H15ClN2O. The molecule has 0 spiro atoms. The van der Waals surface area contributed by atoms with Crippen molar-refractivity contribution in [3.05, 3.63) is 30.0 Å². The topological polar surface area (TPSA) is 38.1 Å². The first-order valence-corrected chi connectivity index (χ1v) is 5.50. The van der Waals surface area contributed by atoms with Crippen molar-refractivity contribution in [2.75, 3.05) is 13.1 Å². The fourth-order valence-corrected chi connectivity index (χ4v) is 2.30. The van der Waals surface area contributed by atoms with Crippen LogP contribution < -0.4 is 5.32 Å². The highest BCUT2D eigenvalue weighted by Gasteiger charge is 2.20. The molecule has 0 bridgehead atoms. The summed E-state index contributed by atoms with van der Waals surface area (Å²) >= 11 is 0. The van der Waals surface area contributed by atoms with E-state index in [1.807, 2.05) is 18.2 Å². The second kappa shape index (κ2) is 4.85. The molecule has 3 rings (SSSR count). The third kappa shape index (κ3) is 1.93. The number of aromatic nitrogens is 1. The van der Waals surface area contributed by atoms with Crippen molar-refractivity contribution < 1.29 is 4.52 Å². The first-order valence-electron chi connectivity index (χ1n) is 5.50. The number of halogens is 1. The smallest absolute Gasteiger partial charge is 0.167 e. The van der Waals surface area contributed by atoms with Crippen molar-refractivity contribution in [1.82, 2.24) is 10.5 Å². The Hall–Kier alpha value is -1.06. The number of nitrogens with one attached hydrogen (secondary N) is 1. The van der Waals surface area contributed by atoms with Gasteiger partial charge in [-0.15, -0.1) is 12.4 Å². The van der Waals surface area contributed by atoms with Crippen LogP contribution in [-0.2, 0) is 0 Å². The largest absolute Gasteiger partial charge is 0.356 e. The van der Waals surface area contributed by atoms with Crippen molar-refractivity contribution in [2.45, 2.75) is 18.8 Å². The van der Waals surface area contributed by atoms with Crippen LogP contribution in [0.25, 0.3) is 11.0 Å². The van der Waals surface area contributed by atoms with Crippen molar-refractivity contribution in [2.24, 2.45) is 0 Å².